The van der Waals surface area contributed by atoms with Crippen LogP contribution in [0.1, 0.15) is 53.4 Å². The van der Waals surface area contributed by atoms with E-state index < -0.39 is 25.1 Å². The summed E-state index contributed by atoms with van der Waals surface area (Å²) in [6, 6.07) is 37.5. The number of aromatic nitrogens is 2. The summed E-state index contributed by atoms with van der Waals surface area (Å²) in [6.45, 7) is 7.69. The Morgan fingerprint density at radius 2 is 1.50 bits per heavy atom. The summed E-state index contributed by atoms with van der Waals surface area (Å²) in [5.74, 6) is 5.77. The molecule has 0 fully saturated rings. The zero-order chi connectivity index (χ0) is 33.6. The Bertz CT molecular complexity index is 2190. The van der Waals surface area contributed by atoms with E-state index in [-0.39, 0.29) is 20.1 Å². The van der Waals surface area contributed by atoms with E-state index in [0.717, 1.165) is 43.7 Å². The second-order valence-electron chi connectivity index (χ2n) is 12.9. The maximum absolute atomic E-state index is 8.69. The maximum atomic E-state index is 8.69. The Morgan fingerprint density at radius 3 is 2.15 bits per heavy atom. The molecule has 7 rings (SSSR count). The van der Waals surface area contributed by atoms with Crippen molar-refractivity contribution < 1.29 is 22.8 Å². The van der Waals surface area contributed by atoms with Crippen LogP contribution in [-0.2, 0) is 20.1 Å². The van der Waals surface area contributed by atoms with Crippen molar-refractivity contribution in [1.82, 2.24) is 9.97 Å². The van der Waals surface area contributed by atoms with Gasteiger partial charge in [0.25, 0.3) is 0 Å². The van der Waals surface area contributed by atoms with Crippen LogP contribution in [-0.4, -0.2) is 23.2 Å². The van der Waals surface area contributed by atoms with Crippen molar-refractivity contribution >= 4 is 59.9 Å². The fourth-order valence-electron chi connectivity index (χ4n) is 5.64. The van der Waals surface area contributed by atoms with Crippen LogP contribution in [0.3, 0.4) is 0 Å². The first kappa shape index (κ1) is 31.5. The molecule has 0 aliphatic carbocycles. The smallest absolute Gasteiger partial charge is 0 e. The van der Waals surface area contributed by atoms with Crippen LogP contribution in [0.15, 0.2) is 103 Å². The molecule has 0 aliphatic rings. The Balaban J connectivity index is 0.000000224. The van der Waals surface area contributed by atoms with E-state index in [1.165, 1.54) is 25.3 Å². The first-order chi connectivity index (χ1) is 22.2. The van der Waals surface area contributed by atoms with Gasteiger partial charge in [-0.05, 0) is 56.0 Å². The van der Waals surface area contributed by atoms with E-state index >= 15 is 0 Å². The van der Waals surface area contributed by atoms with Crippen LogP contribution in [0, 0.1) is 12.1 Å². The summed E-state index contributed by atoms with van der Waals surface area (Å²) >= 11 is 0.0242. The number of benzene rings is 4. The fraction of sp³-hybridized carbons (Fsp3) is 0.220. The number of fused-ring (bicyclic) bond motifs is 5. The first-order valence-corrected chi connectivity index (χ1v) is 23.6. The van der Waals surface area contributed by atoms with Crippen LogP contribution >= 0.6 is 11.3 Å². The van der Waals surface area contributed by atoms with E-state index in [9.17, 15) is 0 Å². The summed E-state index contributed by atoms with van der Waals surface area (Å²) in [6.07, 6.45) is 3.83. The minimum absolute atomic E-state index is 0. The third-order valence-electron chi connectivity index (χ3n) is 8.19. The van der Waals surface area contributed by atoms with E-state index in [1.807, 2.05) is 76.4 Å². The number of rotatable bonds is 5. The molecule has 1 radical (unpaired) electrons. The predicted octanol–water partition coefficient (Wildman–Crippen LogP) is 11.4. The molecule has 0 saturated heterocycles. The van der Waals surface area contributed by atoms with Crippen molar-refractivity contribution in [2.45, 2.75) is 56.8 Å². The molecule has 7 aromatic rings. The van der Waals surface area contributed by atoms with Gasteiger partial charge in [0.1, 0.15) is 0 Å². The maximum Gasteiger partial charge on any atom is 0 e. The second-order valence-corrected chi connectivity index (χ2v) is 24.6. The van der Waals surface area contributed by atoms with E-state index in [1.54, 1.807) is 17.5 Å². The molecule has 0 bridgehead atoms. The number of pyridine rings is 2. The van der Waals surface area contributed by atoms with Crippen molar-refractivity contribution in [3.63, 3.8) is 0 Å². The average molecular weight is 860 g/mol. The first-order valence-electron chi connectivity index (χ1n) is 16.4. The van der Waals surface area contributed by atoms with Crippen molar-refractivity contribution in [2.24, 2.45) is 0 Å². The molecule has 0 spiro atoms. The average Bonchev–Trinajstić information content (AvgIpc) is 3.43. The third kappa shape index (κ3) is 7.06. The van der Waals surface area contributed by atoms with Gasteiger partial charge in [0.15, 0.2) is 0 Å². The van der Waals surface area contributed by atoms with Gasteiger partial charge in [-0.1, -0.05) is 69.0 Å². The second kappa shape index (κ2) is 14.3. The third-order valence-corrected chi connectivity index (χ3v) is 13.6. The molecule has 5 heteroatoms. The molecular formula is C41H40GeIrN2S-2. The van der Waals surface area contributed by atoms with Gasteiger partial charge >= 0.3 is 99.8 Å². The quantitative estimate of drug-likeness (QED) is 0.127. The molecule has 2 nitrogen and oxygen atoms in total. The normalized spacial score (nSPS) is 12.7. The van der Waals surface area contributed by atoms with Crippen LogP contribution in [0.2, 0.25) is 17.3 Å². The minimum Gasteiger partial charge on any atom is 0 e. The molecule has 235 valence electrons. The SMILES string of the molecule is [2H]C(C)(C)c1ccnc(-c2[c-]ccc3c2sc2cc(C([2H])(C)C)c4ccccc4c23)c1.[CH3][Ge]([CH3])([CH3])[c]1ccc(-c2[c-]cccc2)nc1.[Ir]. The molecule has 0 unspecified atom stereocenters. The van der Waals surface area contributed by atoms with Gasteiger partial charge in [-0.2, -0.15) is 11.3 Å². The summed E-state index contributed by atoms with van der Waals surface area (Å²) in [7, 11) is 0. The molecule has 3 heterocycles. The Labute approximate surface area is 296 Å². The van der Waals surface area contributed by atoms with Crippen molar-refractivity contribution in [3.8, 4) is 22.5 Å². The van der Waals surface area contributed by atoms with E-state index in [2.05, 4.69) is 87.9 Å². The topological polar surface area (TPSA) is 25.8 Å². The minimum atomic E-state index is -1.72. The van der Waals surface area contributed by atoms with Crippen molar-refractivity contribution in [2.75, 3.05) is 0 Å². The van der Waals surface area contributed by atoms with Crippen molar-refractivity contribution in [1.29, 1.82) is 0 Å². The van der Waals surface area contributed by atoms with Crippen molar-refractivity contribution in [3.05, 3.63) is 127 Å². The zero-order valence-electron chi connectivity index (χ0n) is 29.5. The van der Waals surface area contributed by atoms with Crippen LogP contribution < -0.4 is 4.40 Å². The van der Waals surface area contributed by atoms with Gasteiger partial charge in [-0.3, -0.25) is 0 Å². The van der Waals surface area contributed by atoms with Gasteiger partial charge in [-0.15, -0.1) is 23.8 Å². The Morgan fingerprint density at radius 1 is 0.739 bits per heavy atom. The summed E-state index contributed by atoms with van der Waals surface area (Å²) < 4.78 is 20.9. The van der Waals surface area contributed by atoms with Gasteiger partial charge in [0, 0.05) is 33.7 Å². The van der Waals surface area contributed by atoms with Crippen LogP contribution in [0.5, 0.6) is 0 Å². The summed E-state index contributed by atoms with van der Waals surface area (Å²) in [5, 5.41) is 4.75. The number of hydrogen-bond acceptors (Lipinski definition) is 3. The Hall–Kier alpha value is -3.15. The van der Waals surface area contributed by atoms with E-state index in [4.69, 9.17) is 2.74 Å². The van der Waals surface area contributed by atoms with Gasteiger partial charge in [-0.25, -0.2) is 0 Å². The monoisotopic (exact) mass is 861 g/mol. The Kier molecular flexibility index (Phi) is 9.79. The molecule has 0 atom stereocenters. The molecule has 0 amide bonds. The predicted molar refractivity (Wildman–Crippen MR) is 199 cm³/mol. The molecule has 0 N–H and O–H groups in total. The van der Waals surface area contributed by atoms with Crippen LogP contribution in [0.4, 0.5) is 0 Å². The summed E-state index contributed by atoms with van der Waals surface area (Å²) in [5.41, 5.74) is 5.88. The molecule has 46 heavy (non-hydrogen) atoms. The van der Waals surface area contributed by atoms with Gasteiger partial charge < -0.3 is 4.98 Å². The number of hydrogen-bond donors (Lipinski definition) is 0. The fourth-order valence-corrected chi connectivity index (χ4v) is 9.07. The van der Waals surface area contributed by atoms with Crippen LogP contribution in [0.25, 0.3) is 53.5 Å². The van der Waals surface area contributed by atoms with Gasteiger partial charge in [0.05, 0.1) is 0 Å². The summed E-state index contributed by atoms with van der Waals surface area (Å²) in [4.78, 5) is 9.16. The molecule has 3 aromatic heterocycles. The molecule has 0 saturated carbocycles. The number of nitrogens with zero attached hydrogens (tertiary/aromatic N) is 2. The van der Waals surface area contributed by atoms with Gasteiger partial charge in [0.2, 0.25) is 0 Å². The standard InChI is InChI=1S/C27H24NS.C14H16GeN.Ir/c1-16(2)18-12-13-28-24(14-18)21-10-7-11-22-26-20-9-6-5-8-19(20)23(17(3)4)15-25(26)29-27(21)22;1-15(2,3)13-9-10-14(16-11-13)12-7-5-4-6-8-12;/h5-9,11-17H,1-4H3;4-7,9-11H,1-3H3;/q2*-1;/i16D,17D;;. The number of thiophene rings is 1. The zero-order valence-corrected chi connectivity index (χ0v) is 32.8. The molecule has 4 aromatic carbocycles. The molecule has 0 aliphatic heterocycles. The van der Waals surface area contributed by atoms with E-state index in [0.29, 0.717) is 0 Å². The largest absolute Gasteiger partial charge is 0 e. The molecular weight excluding hydrogens is 817 g/mol.